The van der Waals surface area contributed by atoms with Crippen LogP contribution in [-0.2, 0) is 11.3 Å². The molecule has 0 spiro atoms. The van der Waals surface area contributed by atoms with E-state index in [0.29, 0.717) is 6.54 Å². The van der Waals surface area contributed by atoms with Crippen LogP contribution in [0.15, 0.2) is 47.8 Å². The fourth-order valence-corrected chi connectivity index (χ4v) is 2.78. The molecule has 1 amide bonds. The molecular weight excluding hydrogens is 254 g/mol. The second-order valence-corrected chi connectivity index (χ2v) is 5.58. The third-order valence-corrected chi connectivity index (χ3v) is 3.99. The molecule has 0 saturated carbocycles. The van der Waals surface area contributed by atoms with E-state index < -0.39 is 0 Å². The molecule has 19 heavy (non-hydrogen) atoms. The lowest BCUT2D eigenvalue weighted by molar-refractivity contribution is -0.122. The van der Waals surface area contributed by atoms with Gasteiger partial charge in [-0.1, -0.05) is 49.7 Å². The van der Waals surface area contributed by atoms with Gasteiger partial charge in [-0.15, -0.1) is 11.3 Å². The van der Waals surface area contributed by atoms with Crippen molar-refractivity contribution in [3.63, 3.8) is 0 Å². The molecule has 1 heterocycles. The molecule has 3 heteroatoms. The molecule has 0 fully saturated rings. The highest BCUT2D eigenvalue weighted by Gasteiger charge is 2.19. The van der Waals surface area contributed by atoms with Crippen LogP contribution in [0.3, 0.4) is 0 Å². The van der Waals surface area contributed by atoms with Crippen molar-refractivity contribution >= 4 is 17.2 Å². The lowest BCUT2D eigenvalue weighted by Crippen LogP contribution is -2.28. The van der Waals surface area contributed by atoms with Gasteiger partial charge in [-0.3, -0.25) is 4.79 Å². The van der Waals surface area contributed by atoms with E-state index in [0.717, 1.165) is 18.4 Å². The summed E-state index contributed by atoms with van der Waals surface area (Å²) in [5, 5.41) is 5.07. The Labute approximate surface area is 118 Å². The summed E-state index contributed by atoms with van der Waals surface area (Å²) in [5.41, 5.74) is 1.10. The highest BCUT2D eigenvalue weighted by Crippen LogP contribution is 2.21. The number of carbonyl (C=O) groups is 1. The zero-order valence-corrected chi connectivity index (χ0v) is 12.0. The Balaban J connectivity index is 2.00. The van der Waals surface area contributed by atoms with Gasteiger partial charge >= 0.3 is 0 Å². The number of nitrogens with one attached hydrogen (secondary N) is 1. The summed E-state index contributed by atoms with van der Waals surface area (Å²) < 4.78 is 0. The molecule has 0 bridgehead atoms. The van der Waals surface area contributed by atoms with E-state index >= 15 is 0 Å². The molecule has 1 aromatic carbocycles. The molecule has 2 rings (SSSR count). The van der Waals surface area contributed by atoms with Crippen molar-refractivity contribution in [1.29, 1.82) is 0 Å². The van der Waals surface area contributed by atoms with Gasteiger partial charge in [0.05, 0.1) is 12.5 Å². The molecule has 100 valence electrons. The Morgan fingerprint density at radius 2 is 2.00 bits per heavy atom. The Morgan fingerprint density at radius 1 is 1.21 bits per heavy atom. The summed E-state index contributed by atoms with van der Waals surface area (Å²) in [6.07, 6.45) is 1.90. The van der Waals surface area contributed by atoms with E-state index in [1.807, 2.05) is 47.8 Å². The topological polar surface area (TPSA) is 29.1 Å². The number of amides is 1. The van der Waals surface area contributed by atoms with Crippen molar-refractivity contribution in [2.24, 2.45) is 0 Å². The lowest BCUT2D eigenvalue weighted by atomic mass is 9.93. The molecule has 0 aliphatic carbocycles. The van der Waals surface area contributed by atoms with Gasteiger partial charge in [0, 0.05) is 4.88 Å². The van der Waals surface area contributed by atoms with Gasteiger partial charge in [-0.05, 0) is 23.4 Å². The van der Waals surface area contributed by atoms with E-state index in [1.54, 1.807) is 11.3 Å². The van der Waals surface area contributed by atoms with E-state index in [2.05, 4.69) is 12.2 Å². The van der Waals surface area contributed by atoms with Crippen LogP contribution < -0.4 is 5.32 Å². The summed E-state index contributed by atoms with van der Waals surface area (Å²) in [6, 6.07) is 14.1. The monoisotopic (exact) mass is 273 g/mol. The highest BCUT2D eigenvalue weighted by molar-refractivity contribution is 7.09. The SMILES string of the molecule is CCCC(C(=O)NCc1cccs1)c1ccccc1. The molecule has 0 radical (unpaired) electrons. The van der Waals surface area contributed by atoms with Gasteiger partial charge in [-0.2, -0.15) is 0 Å². The molecule has 2 nitrogen and oxygen atoms in total. The molecule has 1 unspecified atom stereocenters. The third-order valence-electron chi connectivity index (χ3n) is 3.11. The molecule has 0 aliphatic heterocycles. The van der Waals surface area contributed by atoms with Gasteiger partial charge in [0.25, 0.3) is 0 Å². The van der Waals surface area contributed by atoms with Crippen LogP contribution in [0.25, 0.3) is 0 Å². The summed E-state index contributed by atoms with van der Waals surface area (Å²) >= 11 is 1.67. The van der Waals surface area contributed by atoms with Crippen LogP contribution >= 0.6 is 11.3 Å². The van der Waals surface area contributed by atoms with E-state index in [-0.39, 0.29) is 11.8 Å². The minimum absolute atomic E-state index is 0.0360. The summed E-state index contributed by atoms with van der Waals surface area (Å²) in [7, 11) is 0. The zero-order chi connectivity index (χ0) is 13.5. The minimum Gasteiger partial charge on any atom is -0.351 e. The molecular formula is C16H19NOS. The van der Waals surface area contributed by atoms with Crippen LogP contribution in [0.1, 0.15) is 36.1 Å². The summed E-state index contributed by atoms with van der Waals surface area (Å²) in [4.78, 5) is 13.5. The number of hydrogen-bond acceptors (Lipinski definition) is 2. The molecule has 1 N–H and O–H groups in total. The fraction of sp³-hybridized carbons (Fsp3) is 0.312. The predicted octanol–water partition coefficient (Wildman–Crippen LogP) is 3.95. The van der Waals surface area contributed by atoms with E-state index in [1.165, 1.54) is 4.88 Å². The minimum atomic E-state index is -0.0360. The zero-order valence-electron chi connectivity index (χ0n) is 11.1. The summed E-state index contributed by atoms with van der Waals surface area (Å²) in [6.45, 7) is 2.74. The van der Waals surface area contributed by atoms with Gasteiger partial charge in [0.15, 0.2) is 0 Å². The number of hydrogen-bond donors (Lipinski definition) is 1. The van der Waals surface area contributed by atoms with Crippen LogP contribution in [0, 0.1) is 0 Å². The Bertz CT molecular complexity index is 493. The Kier molecular flexibility index (Phi) is 5.16. The maximum atomic E-state index is 12.3. The maximum Gasteiger partial charge on any atom is 0.227 e. The first-order valence-corrected chi connectivity index (χ1v) is 7.54. The van der Waals surface area contributed by atoms with Crippen molar-refractivity contribution in [3.8, 4) is 0 Å². The fourth-order valence-electron chi connectivity index (χ4n) is 2.13. The Morgan fingerprint density at radius 3 is 2.63 bits per heavy atom. The lowest BCUT2D eigenvalue weighted by Gasteiger charge is -2.16. The highest BCUT2D eigenvalue weighted by atomic mass is 32.1. The second kappa shape index (κ2) is 7.10. The van der Waals surface area contributed by atoms with Crippen LogP contribution in [0.4, 0.5) is 0 Å². The molecule has 1 aromatic heterocycles. The average Bonchev–Trinajstić information content (AvgIpc) is 2.96. The molecule has 0 aliphatic rings. The average molecular weight is 273 g/mol. The first-order valence-electron chi connectivity index (χ1n) is 6.66. The largest absolute Gasteiger partial charge is 0.351 e. The van der Waals surface area contributed by atoms with E-state index in [4.69, 9.17) is 0 Å². The number of benzene rings is 1. The van der Waals surface area contributed by atoms with Crippen LogP contribution in [-0.4, -0.2) is 5.91 Å². The summed E-state index contributed by atoms with van der Waals surface area (Å²) in [5.74, 6) is 0.0904. The van der Waals surface area contributed by atoms with Crippen molar-refractivity contribution in [2.45, 2.75) is 32.2 Å². The molecule has 0 saturated heterocycles. The van der Waals surface area contributed by atoms with Crippen molar-refractivity contribution < 1.29 is 4.79 Å². The van der Waals surface area contributed by atoms with Crippen molar-refractivity contribution in [2.75, 3.05) is 0 Å². The second-order valence-electron chi connectivity index (χ2n) is 4.55. The van der Waals surface area contributed by atoms with Gasteiger partial charge in [0.2, 0.25) is 5.91 Å². The first kappa shape index (κ1) is 13.8. The van der Waals surface area contributed by atoms with Crippen molar-refractivity contribution in [1.82, 2.24) is 5.32 Å². The number of rotatable bonds is 6. The van der Waals surface area contributed by atoms with Crippen LogP contribution in [0.2, 0.25) is 0 Å². The third kappa shape index (κ3) is 3.93. The van der Waals surface area contributed by atoms with Gasteiger partial charge in [-0.25, -0.2) is 0 Å². The van der Waals surface area contributed by atoms with Crippen LogP contribution in [0.5, 0.6) is 0 Å². The maximum absolute atomic E-state index is 12.3. The standard InChI is InChI=1S/C16H19NOS/c1-2-7-15(13-8-4-3-5-9-13)16(18)17-12-14-10-6-11-19-14/h3-6,8-11,15H,2,7,12H2,1H3,(H,17,18). The number of carbonyl (C=O) groups excluding carboxylic acids is 1. The first-order chi connectivity index (χ1) is 9.31. The normalized spacial score (nSPS) is 12.1. The van der Waals surface area contributed by atoms with Gasteiger partial charge < -0.3 is 5.32 Å². The smallest absolute Gasteiger partial charge is 0.227 e. The quantitative estimate of drug-likeness (QED) is 0.848. The van der Waals surface area contributed by atoms with E-state index in [9.17, 15) is 4.79 Å². The molecule has 1 atom stereocenters. The van der Waals surface area contributed by atoms with Crippen molar-refractivity contribution in [3.05, 3.63) is 58.3 Å². The predicted molar refractivity (Wildman–Crippen MR) is 80.3 cm³/mol. The number of thiophene rings is 1. The molecule has 2 aromatic rings. The van der Waals surface area contributed by atoms with Gasteiger partial charge in [0.1, 0.15) is 0 Å². The Hall–Kier alpha value is -1.61.